The Balaban J connectivity index is 1.50. The molecule has 3 heteroatoms. The van der Waals surface area contributed by atoms with Gasteiger partial charge in [0.05, 0.1) is 19.4 Å². The van der Waals surface area contributed by atoms with E-state index in [4.69, 9.17) is 9.15 Å². The lowest BCUT2D eigenvalue weighted by Gasteiger charge is -2.15. The van der Waals surface area contributed by atoms with Gasteiger partial charge in [0.25, 0.3) is 0 Å². The molecule has 114 valence electrons. The van der Waals surface area contributed by atoms with Crippen molar-refractivity contribution >= 4 is 10.8 Å². The third-order valence-corrected chi connectivity index (χ3v) is 3.65. The molecule has 0 aliphatic heterocycles. The fraction of sp³-hybridized carbons (Fsp3) is 0.263. The summed E-state index contributed by atoms with van der Waals surface area (Å²) in [6, 6.07) is 18.4. The van der Waals surface area contributed by atoms with Crippen molar-refractivity contribution in [1.29, 1.82) is 0 Å². The van der Waals surface area contributed by atoms with Gasteiger partial charge in [-0.3, -0.25) is 0 Å². The van der Waals surface area contributed by atoms with Crippen molar-refractivity contribution in [1.82, 2.24) is 5.32 Å². The van der Waals surface area contributed by atoms with Crippen molar-refractivity contribution < 1.29 is 9.15 Å². The minimum Gasteiger partial charge on any atom is -0.493 e. The van der Waals surface area contributed by atoms with E-state index in [1.165, 1.54) is 10.8 Å². The van der Waals surface area contributed by atoms with Crippen LogP contribution in [0.3, 0.4) is 0 Å². The fourth-order valence-corrected chi connectivity index (χ4v) is 2.47. The monoisotopic (exact) mass is 295 g/mol. The predicted octanol–water partition coefficient (Wildman–Crippen LogP) is 4.24. The first-order valence-corrected chi connectivity index (χ1v) is 7.66. The Morgan fingerprint density at radius 2 is 1.91 bits per heavy atom. The smallest absolute Gasteiger partial charge is 0.127 e. The average Bonchev–Trinajstić information content (AvgIpc) is 3.06. The van der Waals surface area contributed by atoms with Crippen LogP contribution < -0.4 is 10.1 Å². The molecule has 0 aliphatic carbocycles. The predicted molar refractivity (Wildman–Crippen MR) is 89.0 cm³/mol. The highest BCUT2D eigenvalue weighted by molar-refractivity contribution is 5.88. The van der Waals surface area contributed by atoms with E-state index in [9.17, 15) is 0 Å². The van der Waals surface area contributed by atoms with E-state index in [1.54, 1.807) is 6.26 Å². The molecule has 0 fully saturated rings. The molecule has 3 rings (SSSR count). The molecule has 1 aromatic heterocycles. The summed E-state index contributed by atoms with van der Waals surface area (Å²) in [6.07, 6.45) is 1.70. The number of benzene rings is 2. The zero-order valence-corrected chi connectivity index (χ0v) is 12.8. The SMILES string of the molecule is C[C@H](CNCc1ccco1)COc1cccc2ccccc12. The van der Waals surface area contributed by atoms with E-state index in [0.29, 0.717) is 12.5 Å². The Bertz CT molecular complexity index is 701. The third kappa shape index (κ3) is 3.68. The highest BCUT2D eigenvalue weighted by Gasteiger charge is 2.06. The summed E-state index contributed by atoms with van der Waals surface area (Å²) >= 11 is 0. The highest BCUT2D eigenvalue weighted by Crippen LogP contribution is 2.25. The Hall–Kier alpha value is -2.26. The molecule has 22 heavy (non-hydrogen) atoms. The fourth-order valence-electron chi connectivity index (χ4n) is 2.47. The zero-order valence-electron chi connectivity index (χ0n) is 12.8. The van der Waals surface area contributed by atoms with Gasteiger partial charge in [0.1, 0.15) is 11.5 Å². The van der Waals surface area contributed by atoms with Crippen LogP contribution in [0.25, 0.3) is 10.8 Å². The molecule has 0 aliphatic rings. The van der Waals surface area contributed by atoms with Crippen molar-refractivity contribution in [3.05, 3.63) is 66.6 Å². The van der Waals surface area contributed by atoms with Crippen LogP contribution >= 0.6 is 0 Å². The topological polar surface area (TPSA) is 34.4 Å². The van der Waals surface area contributed by atoms with E-state index >= 15 is 0 Å². The lowest BCUT2D eigenvalue weighted by molar-refractivity contribution is 0.257. The number of rotatable bonds is 7. The first-order valence-electron chi connectivity index (χ1n) is 7.66. The number of nitrogens with one attached hydrogen (secondary N) is 1. The lowest BCUT2D eigenvalue weighted by Crippen LogP contribution is -2.24. The molecule has 1 atom stereocenters. The number of fused-ring (bicyclic) bond motifs is 1. The Labute approximate surface area is 130 Å². The van der Waals surface area contributed by atoms with Crippen molar-refractivity contribution in [2.45, 2.75) is 13.5 Å². The first-order chi connectivity index (χ1) is 10.8. The molecule has 2 aromatic carbocycles. The van der Waals surface area contributed by atoms with Gasteiger partial charge in [-0.2, -0.15) is 0 Å². The quantitative estimate of drug-likeness (QED) is 0.708. The van der Waals surface area contributed by atoms with Crippen LogP contribution in [0.5, 0.6) is 5.75 Å². The number of ether oxygens (including phenoxy) is 1. The van der Waals surface area contributed by atoms with Crippen LogP contribution in [-0.4, -0.2) is 13.2 Å². The van der Waals surface area contributed by atoms with E-state index in [0.717, 1.165) is 24.6 Å². The third-order valence-electron chi connectivity index (χ3n) is 3.65. The van der Waals surface area contributed by atoms with Crippen LogP contribution in [0.2, 0.25) is 0 Å². The van der Waals surface area contributed by atoms with Crippen LogP contribution in [0.4, 0.5) is 0 Å². The van der Waals surface area contributed by atoms with Crippen molar-refractivity contribution in [3.8, 4) is 5.75 Å². The summed E-state index contributed by atoms with van der Waals surface area (Å²) in [5.41, 5.74) is 0. The molecule has 1 heterocycles. The summed E-state index contributed by atoms with van der Waals surface area (Å²) in [5.74, 6) is 2.34. The second kappa shape index (κ2) is 7.14. The molecule has 3 nitrogen and oxygen atoms in total. The van der Waals surface area contributed by atoms with Gasteiger partial charge in [-0.05, 0) is 23.6 Å². The second-order valence-electron chi connectivity index (χ2n) is 5.60. The summed E-state index contributed by atoms with van der Waals surface area (Å²) in [4.78, 5) is 0. The maximum atomic E-state index is 6.01. The number of hydrogen-bond acceptors (Lipinski definition) is 3. The minimum atomic E-state index is 0.425. The molecular weight excluding hydrogens is 274 g/mol. The van der Waals surface area contributed by atoms with Gasteiger partial charge >= 0.3 is 0 Å². The normalized spacial score (nSPS) is 12.4. The van der Waals surface area contributed by atoms with Gasteiger partial charge in [-0.15, -0.1) is 0 Å². The Morgan fingerprint density at radius 3 is 2.77 bits per heavy atom. The minimum absolute atomic E-state index is 0.425. The van der Waals surface area contributed by atoms with Crippen LogP contribution in [0, 0.1) is 5.92 Å². The van der Waals surface area contributed by atoms with Crippen LogP contribution in [0.15, 0.2) is 65.3 Å². The van der Waals surface area contributed by atoms with Gasteiger partial charge in [-0.25, -0.2) is 0 Å². The second-order valence-corrected chi connectivity index (χ2v) is 5.60. The lowest BCUT2D eigenvalue weighted by atomic mass is 10.1. The summed E-state index contributed by atoms with van der Waals surface area (Å²) in [5, 5.41) is 5.77. The highest BCUT2D eigenvalue weighted by atomic mass is 16.5. The molecule has 1 N–H and O–H groups in total. The van der Waals surface area contributed by atoms with E-state index < -0.39 is 0 Å². The Morgan fingerprint density at radius 1 is 1.05 bits per heavy atom. The van der Waals surface area contributed by atoms with Gasteiger partial charge in [0, 0.05) is 17.8 Å². The van der Waals surface area contributed by atoms with E-state index in [1.807, 2.05) is 36.4 Å². The van der Waals surface area contributed by atoms with Gasteiger partial charge < -0.3 is 14.5 Å². The average molecular weight is 295 g/mol. The molecule has 0 saturated carbocycles. The maximum absolute atomic E-state index is 6.01. The maximum Gasteiger partial charge on any atom is 0.127 e. The standard InChI is InChI=1S/C19H21NO2/c1-15(12-20-13-17-8-5-11-21-17)14-22-19-10-4-7-16-6-2-3-9-18(16)19/h2-11,15,20H,12-14H2,1H3/t15-/m1/s1. The molecular formula is C19H21NO2. The largest absolute Gasteiger partial charge is 0.493 e. The molecule has 0 bridgehead atoms. The number of hydrogen-bond donors (Lipinski definition) is 1. The molecule has 0 spiro atoms. The molecule has 0 unspecified atom stereocenters. The van der Waals surface area contributed by atoms with Gasteiger partial charge in [-0.1, -0.05) is 43.3 Å². The molecule has 0 radical (unpaired) electrons. The van der Waals surface area contributed by atoms with E-state index in [2.05, 4.69) is 30.4 Å². The van der Waals surface area contributed by atoms with Crippen LogP contribution in [-0.2, 0) is 6.54 Å². The van der Waals surface area contributed by atoms with E-state index in [-0.39, 0.29) is 0 Å². The van der Waals surface area contributed by atoms with Crippen molar-refractivity contribution in [2.24, 2.45) is 5.92 Å². The van der Waals surface area contributed by atoms with Crippen molar-refractivity contribution in [2.75, 3.05) is 13.2 Å². The summed E-state index contributed by atoms with van der Waals surface area (Å²) in [6.45, 7) is 4.52. The molecule has 0 amide bonds. The van der Waals surface area contributed by atoms with Crippen molar-refractivity contribution in [3.63, 3.8) is 0 Å². The van der Waals surface area contributed by atoms with Gasteiger partial charge in [0.15, 0.2) is 0 Å². The zero-order chi connectivity index (χ0) is 15.2. The number of furan rings is 1. The molecule has 3 aromatic rings. The summed E-state index contributed by atoms with van der Waals surface area (Å²) in [7, 11) is 0. The van der Waals surface area contributed by atoms with Gasteiger partial charge in [0.2, 0.25) is 0 Å². The first kappa shape index (κ1) is 14.7. The molecule has 0 saturated heterocycles. The summed E-state index contributed by atoms with van der Waals surface area (Å²) < 4.78 is 11.3. The Kier molecular flexibility index (Phi) is 4.76. The van der Waals surface area contributed by atoms with Crippen LogP contribution in [0.1, 0.15) is 12.7 Å².